The molecule has 0 radical (unpaired) electrons. The Kier molecular flexibility index (Phi) is 6.59. The van der Waals surface area contributed by atoms with Gasteiger partial charge in [-0.15, -0.1) is 0 Å². The molecule has 1 aliphatic rings. The van der Waals surface area contributed by atoms with Crippen molar-refractivity contribution in [2.24, 2.45) is 0 Å². The van der Waals surface area contributed by atoms with Gasteiger partial charge < -0.3 is 29.6 Å². The minimum Gasteiger partial charge on any atom is -0.507 e. The van der Waals surface area contributed by atoms with E-state index in [0.717, 1.165) is 0 Å². The van der Waals surface area contributed by atoms with E-state index in [2.05, 4.69) is 5.32 Å². The third-order valence-electron chi connectivity index (χ3n) is 4.99. The number of carboxylic acids is 1. The average Bonchev–Trinajstić information content (AvgIpc) is 2.78. The molecule has 1 aromatic carbocycles. The summed E-state index contributed by atoms with van der Waals surface area (Å²) in [6.45, 7) is 13.0. The van der Waals surface area contributed by atoms with Gasteiger partial charge in [0.25, 0.3) is 0 Å². The molecule has 0 unspecified atom stereocenters. The van der Waals surface area contributed by atoms with Crippen LogP contribution in [-0.4, -0.2) is 52.7 Å². The molecule has 0 atom stereocenters. The predicted molar refractivity (Wildman–Crippen MR) is 113 cm³/mol. The van der Waals surface area contributed by atoms with E-state index >= 15 is 0 Å². The highest BCUT2D eigenvalue weighted by Gasteiger charge is 2.52. The van der Waals surface area contributed by atoms with Crippen molar-refractivity contribution in [1.82, 2.24) is 5.32 Å². The van der Waals surface area contributed by atoms with Crippen LogP contribution < -0.4 is 5.32 Å². The molecule has 0 spiro atoms. The van der Waals surface area contributed by atoms with Gasteiger partial charge in [-0.3, -0.25) is 0 Å². The second kappa shape index (κ2) is 8.31. The number of carbonyl (C=O) groups excluding carboxylic acids is 1. The smallest absolute Gasteiger partial charge is 0.492 e. The lowest BCUT2D eigenvalue weighted by atomic mass is 9.77. The van der Waals surface area contributed by atoms with Gasteiger partial charge in [-0.1, -0.05) is 12.1 Å². The maximum absolute atomic E-state index is 12.1. The number of nitrogens with one attached hydrogen (secondary N) is 1. The first kappa shape index (κ1) is 23.8. The Morgan fingerprint density at radius 3 is 2.23 bits per heavy atom. The predicted octanol–water partition coefficient (Wildman–Crippen LogP) is 3.63. The van der Waals surface area contributed by atoms with Crippen molar-refractivity contribution in [1.29, 1.82) is 0 Å². The van der Waals surface area contributed by atoms with Crippen LogP contribution in [0.3, 0.4) is 0 Å². The van der Waals surface area contributed by atoms with Crippen LogP contribution >= 0.6 is 0 Å². The lowest BCUT2D eigenvalue weighted by Crippen LogP contribution is -2.41. The SMILES string of the molecule is CC(C)(C)OC(=O)NCC(=Cc1ccc(O)c(C(=O)O)c1)B1OC(C)(C)C(C)(C)O1. The Morgan fingerprint density at radius 1 is 1.17 bits per heavy atom. The first-order valence-corrected chi connectivity index (χ1v) is 9.70. The number of amides is 1. The topological polar surface area (TPSA) is 114 Å². The van der Waals surface area contributed by atoms with Gasteiger partial charge in [0, 0.05) is 6.54 Å². The number of hydrogen-bond acceptors (Lipinski definition) is 6. The molecule has 1 aliphatic heterocycles. The second-order valence-corrected chi connectivity index (χ2v) is 9.24. The Balaban J connectivity index is 2.34. The summed E-state index contributed by atoms with van der Waals surface area (Å²) in [6, 6.07) is 4.22. The number of carbonyl (C=O) groups is 2. The number of aromatic hydroxyl groups is 1. The van der Waals surface area contributed by atoms with Crippen LogP contribution in [0.4, 0.5) is 4.79 Å². The molecule has 0 aliphatic carbocycles. The number of rotatable bonds is 5. The van der Waals surface area contributed by atoms with Crippen LogP contribution in [0.2, 0.25) is 0 Å². The van der Waals surface area contributed by atoms with E-state index in [1.807, 2.05) is 27.7 Å². The number of hydrogen-bond donors (Lipinski definition) is 3. The second-order valence-electron chi connectivity index (χ2n) is 9.24. The van der Waals surface area contributed by atoms with Crippen LogP contribution in [-0.2, 0) is 14.0 Å². The first-order valence-electron chi connectivity index (χ1n) is 9.70. The summed E-state index contributed by atoms with van der Waals surface area (Å²) in [7, 11) is -0.757. The van der Waals surface area contributed by atoms with Gasteiger partial charge >= 0.3 is 19.2 Å². The number of benzene rings is 1. The summed E-state index contributed by atoms with van der Waals surface area (Å²) in [5.41, 5.74) is -0.973. The average molecular weight is 419 g/mol. The Hall–Kier alpha value is -2.52. The van der Waals surface area contributed by atoms with Crippen molar-refractivity contribution in [3.8, 4) is 5.75 Å². The van der Waals surface area contributed by atoms with Crippen LogP contribution in [0.5, 0.6) is 5.75 Å². The maximum Gasteiger partial charge on any atom is 0.492 e. The largest absolute Gasteiger partial charge is 0.507 e. The minimum absolute atomic E-state index is 0.0645. The monoisotopic (exact) mass is 419 g/mol. The highest BCUT2D eigenvalue weighted by Crippen LogP contribution is 2.38. The van der Waals surface area contributed by atoms with E-state index in [9.17, 15) is 19.8 Å². The van der Waals surface area contributed by atoms with Crippen molar-refractivity contribution in [3.63, 3.8) is 0 Å². The van der Waals surface area contributed by atoms with E-state index < -0.39 is 36.0 Å². The van der Waals surface area contributed by atoms with Gasteiger partial charge in [0.05, 0.1) is 11.2 Å². The highest BCUT2D eigenvalue weighted by molar-refractivity contribution is 6.56. The molecular formula is C21H30BNO7. The molecule has 9 heteroatoms. The van der Waals surface area contributed by atoms with Gasteiger partial charge in [-0.05, 0) is 71.6 Å². The number of alkyl carbamates (subject to hydrolysis) is 1. The lowest BCUT2D eigenvalue weighted by Gasteiger charge is -2.32. The Morgan fingerprint density at radius 2 is 1.73 bits per heavy atom. The quantitative estimate of drug-likeness (QED) is 0.625. The van der Waals surface area contributed by atoms with Crippen molar-refractivity contribution in [2.45, 2.75) is 65.3 Å². The standard InChI is InChI=1S/C21H30BNO7/c1-19(2,3)28-18(27)23-12-14(22-29-20(4,5)21(6,7)30-22)10-13-8-9-16(24)15(11-13)17(25)26/h8-11,24H,12H2,1-7H3,(H,23,27)(H,25,26). The molecule has 2 rings (SSSR count). The van der Waals surface area contributed by atoms with Crippen molar-refractivity contribution in [2.75, 3.05) is 6.54 Å². The fourth-order valence-electron chi connectivity index (χ4n) is 2.71. The molecule has 8 nitrogen and oxygen atoms in total. The van der Waals surface area contributed by atoms with Crippen LogP contribution in [0.15, 0.2) is 23.7 Å². The van der Waals surface area contributed by atoms with Crippen LogP contribution in [0.25, 0.3) is 6.08 Å². The molecule has 0 saturated carbocycles. The van der Waals surface area contributed by atoms with Crippen molar-refractivity contribution >= 4 is 25.3 Å². The molecule has 164 valence electrons. The van der Waals surface area contributed by atoms with Gasteiger partial charge in [0.1, 0.15) is 16.9 Å². The summed E-state index contributed by atoms with van der Waals surface area (Å²) in [5.74, 6) is -1.57. The highest BCUT2D eigenvalue weighted by atomic mass is 16.7. The number of carboxylic acid groups (broad SMARTS) is 1. The van der Waals surface area contributed by atoms with E-state index in [1.54, 1.807) is 32.9 Å². The van der Waals surface area contributed by atoms with E-state index in [4.69, 9.17) is 14.0 Å². The van der Waals surface area contributed by atoms with Gasteiger partial charge in [0.2, 0.25) is 0 Å². The molecule has 0 bridgehead atoms. The Labute approximate surface area is 177 Å². The number of ether oxygens (including phenoxy) is 1. The third-order valence-corrected chi connectivity index (χ3v) is 4.99. The summed E-state index contributed by atoms with van der Waals surface area (Å²) in [6.07, 6.45) is 1.08. The summed E-state index contributed by atoms with van der Waals surface area (Å²) in [4.78, 5) is 23.5. The fraction of sp³-hybridized carbons (Fsp3) is 0.524. The molecule has 1 fully saturated rings. The lowest BCUT2D eigenvalue weighted by molar-refractivity contribution is 0.00578. The Bertz CT molecular complexity index is 839. The van der Waals surface area contributed by atoms with Crippen molar-refractivity contribution in [3.05, 3.63) is 34.8 Å². The summed E-state index contributed by atoms with van der Waals surface area (Å²) < 4.78 is 17.4. The van der Waals surface area contributed by atoms with Gasteiger partial charge in [-0.25, -0.2) is 9.59 Å². The molecule has 1 saturated heterocycles. The zero-order valence-corrected chi connectivity index (χ0v) is 18.5. The fourth-order valence-corrected chi connectivity index (χ4v) is 2.71. The van der Waals surface area contributed by atoms with Crippen LogP contribution in [0.1, 0.15) is 64.4 Å². The number of phenols is 1. The van der Waals surface area contributed by atoms with Crippen molar-refractivity contribution < 1.29 is 33.8 Å². The van der Waals surface area contributed by atoms with E-state index in [0.29, 0.717) is 11.0 Å². The minimum atomic E-state index is -1.24. The third kappa shape index (κ3) is 5.76. The molecule has 1 amide bonds. The molecular weight excluding hydrogens is 389 g/mol. The zero-order chi connectivity index (χ0) is 22.9. The maximum atomic E-state index is 12.1. The number of aromatic carboxylic acids is 1. The van der Waals surface area contributed by atoms with Crippen LogP contribution in [0, 0.1) is 0 Å². The normalized spacial score (nSPS) is 18.2. The first-order chi connectivity index (χ1) is 13.6. The van der Waals surface area contributed by atoms with Gasteiger partial charge in [0.15, 0.2) is 0 Å². The summed E-state index contributed by atoms with van der Waals surface area (Å²) in [5, 5.41) is 21.7. The molecule has 1 heterocycles. The van der Waals surface area contributed by atoms with E-state index in [1.165, 1.54) is 12.1 Å². The zero-order valence-electron chi connectivity index (χ0n) is 18.5. The molecule has 0 aromatic heterocycles. The molecule has 30 heavy (non-hydrogen) atoms. The van der Waals surface area contributed by atoms with Gasteiger partial charge in [-0.2, -0.15) is 0 Å². The molecule has 1 aromatic rings. The summed E-state index contributed by atoms with van der Waals surface area (Å²) >= 11 is 0. The van der Waals surface area contributed by atoms with E-state index in [-0.39, 0.29) is 17.9 Å². The molecule has 3 N–H and O–H groups in total.